The monoisotopic (exact) mass is 336 g/mol. The molecular formula is C17H24N2OS2. The molecule has 1 aromatic carbocycles. The number of carbonyl (C=O) groups excluding carboxylic acids is 1. The molecule has 1 heterocycles. The lowest BCUT2D eigenvalue weighted by molar-refractivity contribution is -0.125. The maximum absolute atomic E-state index is 12.3. The first-order valence-corrected chi connectivity index (χ1v) is 9.78. The van der Waals surface area contributed by atoms with Gasteiger partial charge in [0.25, 0.3) is 5.91 Å². The molecule has 0 bridgehead atoms. The van der Waals surface area contributed by atoms with Gasteiger partial charge in [0.15, 0.2) is 4.80 Å². The summed E-state index contributed by atoms with van der Waals surface area (Å²) >= 11 is 3.42. The molecule has 0 aliphatic heterocycles. The minimum Gasteiger partial charge on any atom is -0.316 e. The van der Waals surface area contributed by atoms with Crippen LogP contribution in [0.15, 0.2) is 23.2 Å². The van der Waals surface area contributed by atoms with E-state index in [2.05, 4.69) is 40.9 Å². The van der Waals surface area contributed by atoms with Gasteiger partial charge < -0.3 is 4.57 Å². The topological polar surface area (TPSA) is 34.4 Å². The summed E-state index contributed by atoms with van der Waals surface area (Å²) in [5, 5.41) is 0. The third-order valence-electron chi connectivity index (χ3n) is 3.51. The Labute approximate surface area is 140 Å². The van der Waals surface area contributed by atoms with Crippen molar-refractivity contribution in [3.05, 3.63) is 28.6 Å². The molecule has 0 atom stereocenters. The van der Waals surface area contributed by atoms with Crippen LogP contribution in [0.5, 0.6) is 0 Å². The Bertz CT molecular complexity index is 735. The van der Waals surface area contributed by atoms with Crippen LogP contribution in [0.3, 0.4) is 0 Å². The number of aromatic nitrogens is 1. The molecule has 1 amide bonds. The number of rotatable bonds is 4. The summed E-state index contributed by atoms with van der Waals surface area (Å²) in [5.41, 5.74) is 2.05. The normalized spacial score (nSPS) is 13.0. The van der Waals surface area contributed by atoms with Crippen LogP contribution in [-0.2, 0) is 17.8 Å². The summed E-state index contributed by atoms with van der Waals surface area (Å²) < 4.78 is 3.39. The molecule has 0 aliphatic rings. The summed E-state index contributed by atoms with van der Waals surface area (Å²) in [6, 6.07) is 6.54. The Morgan fingerprint density at radius 2 is 2.09 bits per heavy atom. The SMILES string of the molecule is CCc1ccc2c(c1)sc(=NC(=O)C(C)(C)C)n2CCSC. The van der Waals surface area contributed by atoms with Gasteiger partial charge in [-0.2, -0.15) is 16.8 Å². The van der Waals surface area contributed by atoms with Gasteiger partial charge in [0.05, 0.1) is 10.2 Å². The lowest BCUT2D eigenvalue weighted by Crippen LogP contribution is -2.24. The van der Waals surface area contributed by atoms with Crippen LogP contribution in [0, 0.1) is 5.41 Å². The molecule has 22 heavy (non-hydrogen) atoms. The first-order chi connectivity index (χ1) is 10.4. The molecule has 0 fully saturated rings. The van der Waals surface area contributed by atoms with Crippen LogP contribution >= 0.6 is 23.1 Å². The van der Waals surface area contributed by atoms with Crippen LogP contribution < -0.4 is 4.80 Å². The third kappa shape index (κ3) is 3.82. The molecule has 0 saturated heterocycles. The summed E-state index contributed by atoms with van der Waals surface area (Å²) in [4.78, 5) is 17.5. The van der Waals surface area contributed by atoms with Gasteiger partial charge in [0.1, 0.15) is 0 Å². The molecule has 0 N–H and O–H groups in total. The molecule has 5 heteroatoms. The molecule has 3 nitrogen and oxygen atoms in total. The quantitative estimate of drug-likeness (QED) is 0.842. The van der Waals surface area contributed by atoms with E-state index in [0.717, 1.165) is 23.5 Å². The fraction of sp³-hybridized carbons (Fsp3) is 0.529. The highest BCUT2D eigenvalue weighted by atomic mass is 32.2. The van der Waals surface area contributed by atoms with Crippen molar-refractivity contribution in [2.45, 2.75) is 40.7 Å². The van der Waals surface area contributed by atoms with Gasteiger partial charge in [0.2, 0.25) is 0 Å². The van der Waals surface area contributed by atoms with E-state index >= 15 is 0 Å². The van der Waals surface area contributed by atoms with Crippen LogP contribution in [-0.4, -0.2) is 22.5 Å². The van der Waals surface area contributed by atoms with Crippen LogP contribution in [0.4, 0.5) is 0 Å². The highest BCUT2D eigenvalue weighted by molar-refractivity contribution is 7.98. The molecule has 0 unspecified atom stereocenters. The van der Waals surface area contributed by atoms with Crippen molar-refractivity contribution in [1.82, 2.24) is 4.57 Å². The Balaban J connectivity index is 2.60. The van der Waals surface area contributed by atoms with E-state index in [1.807, 2.05) is 20.8 Å². The van der Waals surface area contributed by atoms with Gasteiger partial charge in [-0.05, 0) is 30.4 Å². The Morgan fingerprint density at radius 1 is 1.36 bits per heavy atom. The van der Waals surface area contributed by atoms with E-state index in [1.165, 1.54) is 15.8 Å². The maximum atomic E-state index is 12.3. The van der Waals surface area contributed by atoms with Crippen molar-refractivity contribution >= 4 is 39.2 Å². The van der Waals surface area contributed by atoms with Gasteiger partial charge >= 0.3 is 0 Å². The lowest BCUT2D eigenvalue weighted by Gasteiger charge is -2.12. The number of hydrogen-bond acceptors (Lipinski definition) is 3. The van der Waals surface area contributed by atoms with Crippen molar-refractivity contribution in [3.63, 3.8) is 0 Å². The zero-order chi connectivity index (χ0) is 16.3. The zero-order valence-electron chi connectivity index (χ0n) is 14.0. The van der Waals surface area contributed by atoms with E-state index in [0.29, 0.717) is 0 Å². The standard InChI is InChI=1S/C17H24N2OS2/c1-6-12-7-8-13-14(11-12)22-16(19(13)9-10-21-5)18-15(20)17(2,3)4/h7-8,11H,6,9-10H2,1-5H3. The number of nitrogens with zero attached hydrogens (tertiary/aromatic N) is 2. The molecule has 120 valence electrons. The average molecular weight is 337 g/mol. The Morgan fingerprint density at radius 3 is 2.68 bits per heavy atom. The first kappa shape index (κ1) is 17.3. The molecule has 0 aliphatic carbocycles. The van der Waals surface area contributed by atoms with Crippen molar-refractivity contribution in [2.24, 2.45) is 10.4 Å². The Kier molecular flexibility index (Phi) is 5.50. The fourth-order valence-electron chi connectivity index (χ4n) is 2.08. The van der Waals surface area contributed by atoms with E-state index in [1.54, 1.807) is 23.1 Å². The highest BCUT2D eigenvalue weighted by Crippen LogP contribution is 2.21. The molecule has 2 aromatic rings. The van der Waals surface area contributed by atoms with Gasteiger partial charge in [-0.15, -0.1) is 0 Å². The van der Waals surface area contributed by atoms with Crippen molar-refractivity contribution in [2.75, 3.05) is 12.0 Å². The predicted molar refractivity (Wildman–Crippen MR) is 97.6 cm³/mol. The van der Waals surface area contributed by atoms with E-state index in [9.17, 15) is 4.79 Å². The second kappa shape index (κ2) is 7.01. The maximum Gasteiger partial charge on any atom is 0.253 e. The Hall–Kier alpha value is -1.07. The summed E-state index contributed by atoms with van der Waals surface area (Å²) in [6.07, 6.45) is 3.12. The third-order valence-corrected chi connectivity index (χ3v) is 5.15. The van der Waals surface area contributed by atoms with Crippen LogP contribution in [0.1, 0.15) is 33.3 Å². The van der Waals surface area contributed by atoms with E-state index in [4.69, 9.17) is 0 Å². The van der Waals surface area contributed by atoms with Gasteiger partial charge in [0, 0.05) is 17.7 Å². The summed E-state index contributed by atoms with van der Waals surface area (Å²) in [5.74, 6) is 0.950. The summed E-state index contributed by atoms with van der Waals surface area (Å²) in [6.45, 7) is 8.77. The van der Waals surface area contributed by atoms with E-state index < -0.39 is 5.41 Å². The molecule has 0 spiro atoms. The minimum atomic E-state index is -0.442. The predicted octanol–water partition coefficient (Wildman–Crippen LogP) is 4.10. The van der Waals surface area contributed by atoms with Crippen molar-refractivity contribution in [3.8, 4) is 0 Å². The van der Waals surface area contributed by atoms with Gasteiger partial charge in [-0.25, -0.2) is 0 Å². The number of thioether (sulfide) groups is 1. The number of fused-ring (bicyclic) bond motifs is 1. The summed E-state index contributed by atoms with van der Waals surface area (Å²) in [7, 11) is 0. The largest absolute Gasteiger partial charge is 0.316 e. The molecule has 0 radical (unpaired) electrons. The van der Waals surface area contributed by atoms with Gasteiger partial charge in [-0.1, -0.05) is 45.1 Å². The second-order valence-electron chi connectivity index (χ2n) is 6.35. The highest BCUT2D eigenvalue weighted by Gasteiger charge is 2.21. The fourth-order valence-corrected chi connectivity index (χ4v) is 3.56. The number of aryl methyl sites for hydroxylation is 2. The number of benzene rings is 1. The van der Waals surface area contributed by atoms with E-state index in [-0.39, 0.29) is 5.91 Å². The van der Waals surface area contributed by atoms with Crippen LogP contribution in [0.2, 0.25) is 0 Å². The number of hydrogen-bond donors (Lipinski definition) is 0. The molecular weight excluding hydrogens is 312 g/mol. The minimum absolute atomic E-state index is 0.0623. The first-order valence-electron chi connectivity index (χ1n) is 7.57. The average Bonchev–Trinajstić information content (AvgIpc) is 2.80. The molecule has 2 rings (SSSR count). The number of carbonyl (C=O) groups is 1. The smallest absolute Gasteiger partial charge is 0.253 e. The van der Waals surface area contributed by atoms with Crippen molar-refractivity contribution in [1.29, 1.82) is 0 Å². The zero-order valence-corrected chi connectivity index (χ0v) is 15.6. The molecule has 1 aromatic heterocycles. The molecule has 0 saturated carbocycles. The number of thiazole rings is 1. The second-order valence-corrected chi connectivity index (χ2v) is 8.35. The lowest BCUT2D eigenvalue weighted by atomic mass is 9.96. The van der Waals surface area contributed by atoms with Crippen molar-refractivity contribution < 1.29 is 4.79 Å². The van der Waals surface area contributed by atoms with Gasteiger partial charge in [-0.3, -0.25) is 4.79 Å². The van der Waals surface area contributed by atoms with Crippen LogP contribution in [0.25, 0.3) is 10.2 Å². The number of amides is 1.